The lowest BCUT2D eigenvalue weighted by Gasteiger charge is -2.03. The van der Waals surface area contributed by atoms with Gasteiger partial charge in [-0.3, -0.25) is 4.79 Å². The number of rotatable bonds is 6. The molecule has 2 aromatic carbocycles. The van der Waals surface area contributed by atoms with E-state index in [0.717, 1.165) is 10.2 Å². The summed E-state index contributed by atoms with van der Waals surface area (Å²) >= 11 is 15.2. The number of hydrogen-bond donors (Lipinski definition) is 0. The number of carbonyl (C=O) groups excluding carboxylic acids is 1. The molecule has 0 unspecified atom stereocenters. The second-order valence-electron chi connectivity index (χ2n) is 5.37. The zero-order valence-electron chi connectivity index (χ0n) is 13.4. The number of furan rings is 1. The molecule has 3 aromatic rings. The molecule has 0 saturated heterocycles. The fraction of sp³-hybridized carbons (Fsp3) is 0.0500. The summed E-state index contributed by atoms with van der Waals surface area (Å²) in [6, 6.07) is 15.9. The molecule has 3 nitrogen and oxygen atoms in total. The number of ether oxygens (including phenoxy) is 1. The van der Waals surface area contributed by atoms with E-state index in [-0.39, 0.29) is 5.78 Å². The molecule has 26 heavy (non-hydrogen) atoms. The summed E-state index contributed by atoms with van der Waals surface area (Å²) in [5, 5.41) is 0.798. The van der Waals surface area contributed by atoms with Crippen LogP contribution in [0.15, 0.2) is 69.6 Å². The summed E-state index contributed by atoms with van der Waals surface area (Å²) in [6.07, 6.45) is 3.00. The average Bonchev–Trinajstić information content (AvgIpc) is 3.07. The van der Waals surface area contributed by atoms with Crippen LogP contribution in [-0.2, 0) is 6.61 Å². The summed E-state index contributed by atoms with van der Waals surface area (Å²) in [7, 11) is 0. The van der Waals surface area contributed by atoms with Crippen molar-refractivity contribution >= 4 is 51.0 Å². The lowest BCUT2D eigenvalue weighted by atomic mass is 10.1. The van der Waals surface area contributed by atoms with Crippen molar-refractivity contribution in [2.75, 3.05) is 0 Å². The Hall–Kier alpha value is -2.01. The SMILES string of the molecule is O=C(/C=C/c1ccc(COc2ccc(Br)cc2)o1)c1ccc(Cl)cc1Cl. The third-order valence-electron chi connectivity index (χ3n) is 3.47. The van der Waals surface area contributed by atoms with E-state index < -0.39 is 0 Å². The number of halogens is 3. The molecule has 3 rings (SSSR count). The van der Waals surface area contributed by atoms with Crippen molar-refractivity contribution in [3.63, 3.8) is 0 Å². The van der Waals surface area contributed by atoms with Crippen molar-refractivity contribution in [3.8, 4) is 5.75 Å². The number of carbonyl (C=O) groups is 1. The maximum Gasteiger partial charge on any atom is 0.187 e. The van der Waals surface area contributed by atoms with E-state index in [1.54, 1.807) is 30.3 Å². The van der Waals surface area contributed by atoms with Crippen LogP contribution >= 0.6 is 39.1 Å². The topological polar surface area (TPSA) is 39.4 Å². The van der Waals surface area contributed by atoms with Crippen LogP contribution in [0.4, 0.5) is 0 Å². The summed E-state index contributed by atoms with van der Waals surface area (Å²) in [5.41, 5.74) is 0.387. The van der Waals surface area contributed by atoms with Gasteiger partial charge in [0.15, 0.2) is 5.78 Å². The minimum absolute atomic E-state index is 0.226. The fourth-order valence-corrected chi connectivity index (χ4v) is 2.95. The highest BCUT2D eigenvalue weighted by Crippen LogP contribution is 2.22. The standard InChI is InChI=1S/C20H13BrCl2O3/c21-13-1-4-15(5-2-13)25-12-17-7-6-16(26-17)8-10-20(24)18-9-3-14(22)11-19(18)23/h1-11H,12H2/b10-8+. The summed E-state index contributed by atoms with van der Waals surface area (Å²) < 4.78 is 12.3. The Morgan fingerprint density at radius 3 is 2.58 bits per heavy atom. The molecule has 0 aliphatic heterocycles. The molecule has 0 atom stereocenters. The van der Waals surface area contributed by atoms with Crippen LogP contribution in [-0.4, -0.2) is 5.78 Å². The monoisotopic (exact) mass is 450 g/mol. The molecule has 1 aromatic heterocycles. The number of hydrogen-bond acceptors (Lipinski definition) is 3. The smallest absolute Gasteiger partial charge is 0.187 e. The summed E-state index contributed by atoms with van der Waals surface area (Å²) in [5.74, 6) is 1.73. The molecular formula is C20H13BrCl2O3. The Kier molecular flexibility index (Phi) is 6.20. The molecule has 1 heterocycles. The van der Waals surface area contributed by atoms with Crippen LogP contribution in [0.5, 0.6) is 5.75 Å². The van der Waals surface area contributed by atoms with Gasteiger partial charge in [-0.15, -0.1) is 0 Å². The first kappa shape index (κ1) is 18.8. The van der Waals surface area contributed by atoms with E-state index in [4.69, 9.17) is 32.4 Å². The molecule has 0 aliphatic rings. The Morgan fingerprint density at radius 1 is 1.08 bits per heavy atom. The first-order valence-electron chi connectivity index (χ1n) is 7.66. The van der Waals surface area contributed by atoms with Crippen molar-refractivity contribution < 1.29 is 13.9 Å². The van der Waals surface area contributed by atoms with Gasteiger partial charge in [0.1, 0.15) is 23.9 Å². The van der Waals surface area contributed by atoms with Crippen molar-refractivity contribution in [1.29, 1.82) is 0 Å². The fourth-order valence-electron chi connectivity index (χ4n) is 2.18. The lowest BCUT2D eigenvalue weighted by molar-refractivity contribution is 0.104. The van der Waals surface area contributed by atoms with Crippen LogP contribution in [0.25, 0.3) is 6.08 Å². The molecule has 0 aliphatic carbocycles. The molecule has 0 saturated carbocycles. The van der Waals surface area contributed by atoms with Gasteiger partial charge in [-0.1, -0.05) is 39.1 Å². The first-order valence-corrected chi connectivity index (χ1v) is 9.21. The number of ketones is 1. The van der Waals surface area contributed by atoms with Gasteiger partial charge < -0.3 is 9.15 Å². The zero-order valence-corrected chi connectivity index (χ0v) is 16.5. The van der Waals surface area contributed by atoms with Crippen LogP contribution in [0.1, 0.15) is 21.9 Å². The maximum atomic E-state index is 12.2. The highest BCUT2D eigenvalue weighted by atomic mass is 79.9. The highest BCUT2D eigenvalue weighted by Gasteiger charge is 2.08. The van der Waals surface area contributed by atoms with E-state index >= 15 is 0 Å². The van der Waals surface area contributed by atoms with E-state index in [1.807, 2.05) is 24.3 Å². The largest absolute Gasteiger partial charge is 0.486 e. The normalized spacial score (nSPS) is 11.0. The van der Waals surface area contributed by atoms with Gasteiger partial charge in [-0.25, -0.2) is 0 Å². The minimum atomic E-state index is -0.226. The minimum Gasteiger partial charge on any atom is -0.486 e. The molecule has 0 radical (unpaired) electrons. The molecule has 0 N–H and O–H groups in total. The van der Waals surface area contributed by atoms with Gasteiger partial charge in [0.25, 0.3) is 0 Å². The average molecular weight is 452 g/mol. The van der Waals surface area contributed by atoms with E-state index in [2.05, 4.69) is 15.9 Å². The Balaban J connectivity index is 1.61. The van der Waals surface area contributed by atoms with Gasteiger partial charge in [0, 0.05) is 15.1 Å². The Labute approximate surface area is 169 Å². The van der Waals surface area contributed by atoms with Gasteiger partial charge in [-0.2, -0.15) is 0 Å². The van der Waals surface area contributed by atoms with Crippen LogP contribution in [0.3, 0.4) is 0 Å². The van der Waals surface area contributed by atoms with Crippen molar-refractivity contribution in [2.45, 2.75) is 6.61 Å². The highest BCUT2D eigenvalue weighted by molar-refractivity contribution is 9.10. The van der Waals surface area contributed by atoms with Crippen molar-refractivity contribution in [3.05, 3.63) is 92.3 Å². The molecule has 132 valence electrons. The van der Waals surface area contributed by atoms with Crippen LogP contribution in [0.2, 0.25) is 10.0 Å². The third kappa shape index (κ3) is 5.01. The van der Waals surface area contributed by atoms with Crippen molar-refractivity contribution in [1.82, 2.24) is 0 Å². The zero-order chi connectivity index (χ0) is 18.5. The van der Waals surface area contributed by atoms with E-state index in [0.29, 0.717) is 33.7 Å². The van der Waals surface area contributed by atoms with Gasteiger partial charge in [-0.05, 0) is 66.7 Å². The molecule has 6 heteroatoms. The second kappa shape index (κ2) is 8.58. The quantitative estimate of drug-likeness (QED) is 0.304. The number of allylic oxidation sites excluding steroid dienone is 1. The molecule has 0 bridgehead atoms. The Bertz CT molecular complexity index is 946. The maximum absolute atomic E-state index is 12.2. The van der Waals surface area contributed by atoms with Gasteiger partial charge in [0.2, 0.25) is 0 Å². The van der Waals surface area contributed by atoms with Crippen molar-refractivity contribution in [2.24, 2.45) is 0 Å². The van der Waals surface area contributed by atoms with E-state index in [1.165, 1.54) is 12.1 Å². The Morgan fingerprint density at radius 2 is 1.85 bits per heavy atom. The van der Waals surface area contributed by atoms with Crippen LogP contribution < -0.4 is 4.74 Å². The second-order valence-corrected chi connectivity index (χ2v) is 7.13. The van der Waals surface area contributed by atoms with Crippen LogP contribution in [0, 0.1) is 0 Å². The van der Waals surface area contributed by atoms with Gasteiger partial charge in [0.05, 0.1) is 5.02 Å². The van der Waals surface area contributed by atoms with E-state index in [9.17, 15) is 4.79 Å². The predicted octanol–water partition coefficient (Wildman–Crippen LogP) is 6.82. The predicted molar refractivity (Wildman–Crippen MR) is 107 cm³/mol. The summed E-state index contributed by atoms with van der Waals surface area (Å²) in [4.78, 5) is 12.2. The third-order valence-corrected chi connectivity index (χ3v) is 4.55. The number of benzene rings is 2. The van der Waals surface area contributed by atoms with Gasteiger partial charge >= 0.3 is 0 Å². The first-order chi connectivity index (χ1) is 12.5. The molecule has 0 fully saturated rings. The molecule has 0 spiro atoms. The lowest BCUT2D eigenvalue weighted by Crippen LogP contribution is -1.95. The summed E-state index contributed by atoms with van der Waals surface area (Å²) in [6.45, 7) is 0.298. The molecule has 0 amide bonds. The molecular weight excluding hydrogens is 439 g/mol.